The minimum atomic E-state index is -0.293. The second kappa shape index (κ2) is 10.1. The van der Waals surface area contributed by atoms with E-state index in [1.54, 1.807) is 0 Å². The molecular weight excluding hydrogens is 398 g/mol. The standard InChI is InChI=1S/C27H31N3O2/c1-20-16-29(19-25-6-4-5-7-26(25)23-12-14-28-15-13-23)17-21(2)30(20)18-22-8-10-24(11-9-22)27(31)32-3/h4-15,20-21H,16-19H2,1-3H3/t20-,21+. The fraction of sp³-hybridized carbons (Fsp3) is 0.333. The first kappa shape index (κ1) is 22.2. The van der Waals surface area contributed by atoms with Crippen LogP contribution in [0.4, 0.5) is 0 Å². The zero-order chi connectivity index (χ0) is 22.5. The molecule has 1 fully saturated rings. The summed E-state index contributed by atoms with van der Waals surface area (Å²) in [5.74, 6) is -0.293. The molecule has 0 radical (unpaired) electrons. The van der Waals surface area contributed by atoms with Gasteiger partial charge in [-0.25, -0.2) is 4.79 Å². The van der Waals surface area contributed by atoms with Crippen LogP contribution < -0.4 is 0 Å². The molecule has 32 heavy (non-hydrogen) atoms. The van der Waals surface area contributed by atoms with Gasteiger partial charge in [0.1, 0.15) is 0 Å². The van der Waals surface area contributed by atoms with Crippen molar-refractivity contribution >= 4 is 5.97 Å². The van der Waals surface area contributed by atoms with Gasteiger partial charge in [-0.05, 0) is 60.4 Å². The smallest absolute Gasteiger partial charge is 0.337 e. The third-order valence-electron chi connectivity index (χ3n) is 6.32. The number of hydrogen-bond acceptors (Lipinski definition) is 5. The number of methoxy groups -OCH3 is 1. The Hall–Kier alpha value is -3.02. The lowest BCUT2D eigenvalue weighted by Gasteiger charge is -2.44. The predicted octanol–water partition coefficient (Wildman–Crippen LogP) is 4.63. The maximum Gasteiger partial charge on any atom is 0.337 e. The predicted molar refractivity (Wildman–Crippen MR) is 127 cm³/mol. The van der Waals surface area contributed by atoms with Gasteiger partial charge < -0.3 is 4.74 Å². The highest BCUT2D eigenvalue weighted by Gasteiger charge is 2.29. The van der Waals surface area contributed by atoms with Crippen LogP contribution in [0.3, 0.4) is 0 Å². The lowest BCUT2D eigenvalue weighted by molar-refractivity contribution is 0.0291. The summed E-state index contributed by atoms with van der Waals surface area (Å²) in [6, 6.07) is 21.5. The van der Waals surface area contributed by atoms with Gasteiger partial charge in [-0.2, -0.15) is 0 Å². The van der Waals surface area contributed by atoms with Crippen LogP contribution in [0.1, 0.15) is 35.3 Å². The topological polar surface area (TPSA) is 45.7 Å². The SMILES string of the molecule is COC(=O)c1ccc(CN2[C@H](C)CN(Cc3ccccc3-c3ccncc3)C[C@@H]2C)cc1. The molecular formula is C27H31N3O2. The summed E-state index contributed by atoms with van der Waals surface area (Å²) >= 11 is 0. The van der Waals surface area contributed by atoms with Crippen LogP contribution in [0.25, 0.3) is 11.1 Å². The summed E-state index contributed by atoms with van der Waals surface area (Å²) in [5.41, 5.74) is 5.65. The molecule has 2 heterocycles. The number of carbonyl (C=O) groups is 1. The van der Waals surface area contributed by atoms with Crippen molar-refractivity contribution in [3.8, 4) is 11.1 Å². The van der Waals surface area contributed by atoms with Crippen molar-refractivity contribution in [3.63, 3.8) is 0 Å². The van der Waals surface area contributed by atoms with E-state index in [0.29, 0.717) is 17.6 Å². The Morgan fingerprint density at radius 1 is 0.938 bits per heavy atom. The van der Waals surface area contributed by atoms with Gasteiger partial charge in [-0.1, -0.05) is 36.4 Å². The van der Waals surface area contributed by atoms with Gasteiger partial charge >= 0.3 is 5.97 Å². The zero-order valence-corrected chi connectivity index (χ0v) is 19.1. The van der Waals surface area contributed by atoms with E-state index >= 15 is 0 Å². The molecule has 0 unspecified atom stereocenters. The number of ether oxygens (including phenoxy) is 1. The Bertz CT molecular complexity index is 1020. The number of carbonyl (C=O) groups excluding carboxylic acids is 1. The number of pyridine rings is 1. The number of nitrogens with zero attached hydrogens (tertiary/aromatic N) is 3. The minimum Gasteiger partial charge on any atom is -0.465 e. The summed E-state index contributed by atoms with van der Waals surface area (Å²) in [6.07, 6.45) is 3.71. The van der Waals surface area contributed by atoms with E-state index in [0.717, 1.165) is 26.2 Å². The number of benzene rings is 2. The molecule has 1 saturated heterocycles. The molecule has 2 atom stereocenters. The van der Waals surface area contributed by atoms with Gasteiger partial charge in [0.25, 0.3) is 0 Å². The second-order valence-electron chi connectivity index (χ2n) is 8.65. The monoisotopic (exact) mass is 429 g/mol. The van der Waals surface area contributed by atoms with Gasteiger partial charge in [-0.15, -0.1) is 0 Å². The summed E-state index contributed by atoms with van der Waals surface area (Å²) in [6.45, 7) is 8.48. The molecule has 0 N–H and O–H groups in total. The van der Waals surface area contributed by atoms with Gasteiger partial charge in [0.05, 0.1) is 12.7 Å². The molecule has 1 aliphatic rings. The highest BCUT2D eigenvalue weighted by molar-refractivity contribution is 5.89. The lowest BCUT2D eigenvalue weighted by atomic mass is 9.99. The molecule has 3 aromatic rings. The lowest BCUT2D eigenvalue weighted by Crippen LogP contribution is -2.55. The summed E-state index contributed by atoms with van der Waals surface area (Å²) < 4.78 is 4.80. The average Bonchev–Trinajstić information content (AvgIpc) is 2.82. The van der Waals surface area contributed by atoms with Crippen LogP contribution in [-0.2, 0) is 17.8 Å². The molecule has 1 aliphatic heterocycles. The van der Waals surface area contributed by atoms with Gasteiger partial charge in [0.2, 0.25) is 0 Å². The Morgan fingerprint density at radius 2 is 1.59 bits per heavy atom. The van der Waals surface area contributed by atoms with Crippen molar-refractivity contribution in [2.24, 2.45) is 0 Å². The number of esters is 1. The first-order valence-electron chi connectivity index (χ1n) is 11.2. The van der Waals surface area contributed by atoms with Crippen LogP contribution in [0.2, 0.25) is 0 Å². The highest BCUT2D eigenvalue weighted by Crippen LogP contribution is 2.26. The fourth-order valence-electron chi connectivity index (χ4n) is 4.69. The van der Waals surface area contributed by atoms with Crippen LogP contribution in [-0.4, -0.2) is 53.0 Å². The van der Waals surface area contributed by atoms with E-state index in [1.807, 2.05) is 36.7 Å². The third-order valence-corrected chi connectivity index (χ3v) is 6.32. The molecule has 5 heteroatoms. The first-order chi connectivity index (χ1) is 15.5. The maximum atomic E-state index is 11.7. The van der Waals surface area contributed by atoms with Gasteiger partial charge in [-0.3, -0.25) is 14.8 Å². The molecule has 1 aromatic heterocycles. The van der Waals surface area contributed by atoms with Gasteiger partial charge in [0, 0.05) is 50.7 Å². The zero-order valence-electron chi connectivity index (χ0n) is 19.1. The fourth-order valence-corrected chi connectivity index (χ4v) is 4.69. The second-order valence-corrected chi connectivity index (χ2v) is 8.65. The molecule has 0 amide bonds. The number of rotatable bonds is 6. The Balaban J connectivity index is 1.42. The van der Waals surface area contributed by atoms with Crippen LogP contribution in [0, 0.1) is 0 Å². The van der Waals surface area contributed by atoms with E-state index in [4.69, 9.17) is 4.74 Å². The van der Waals surface area contributed by atoms with Crippen LogP contribution in [0.15, 0.2) is 73.1 Å². The van der Waals surface area contributed by atoms with Crippen LogP contribution >= 0.6 is 0 Å². The number of hydrogen-bond donors (Lipinski definition) is 0. The molecule has 166 valence electrons. The van der Waals surface area contributed by atoms with Crippen molar-refractivity contribution < 1.29 is 9.53 Å². The highest BCUT2D eigenvalue weighted by atomic mass is 16.5. The summed E-state index contributed by atoms with van der Waals surface area (Å²) in [5, 5.41) is 0. The van der Waals surface area contributed by atoms with Crippen molar-refractivity contribution in [2.45, 2.75) is 39.0 Å². The number of aromatic nitrogens is 1. The Labute approximate surface area is 190 Å². The van der Waals surface area contributed by atoms with E-state index in [2.05, 4.69) is 65.0 Å². The normalized spacial score (nSPS) is 19.6. The first-order valence-corrected chi connectivity index (χ1v) is 11.2. The van der Waals surface area contributed by atoms with E-state index in [1.165, 1.54) is 29.4 Å². The van der Waals surface area contributed by atoms with Crippen molar-refractivity contribution in [2.75, 3.05) is 20.2 Å². The maximum absolute atomic E-state index is 11.7. The number of piperazine rings is 1. The Morgan fingerprint density at radius 3 is 2.25 bits per heavy atom. The molecule has 5 nitrogen and oxygen atoms in total. The third kappa shape index (κ3) is 5.06. The van der Waals surface area contributed by atoms with Crippen LogP contribution in [0.5, 0.6) is 0 Å². The van der Waals surface area contributed by atoms with Crippen molar-refractivity contribution in [3.05, 3.63) is 89.7 Å². The van der Waals surface area contributed by atoms with E-state index in [9.17, 15) is 4.79 Å². The minimum absolute atomic E-state index is 0.293. The molecule has 0 spiro atoms. The van der Waals surface area contributed by atoms with Crippen molar-refractivity contribution in [1.29, 1.82) is 0 Å². The summed E-state index contributed by atoms with van der Waals surface area (Å²) in [7, 11) is 1.41. The van der Waals surface area contributed by atoms with E-state index in [-0.39, 0.29) is 5.97 Å². The van der Waals surface area contributed by atoms with E-state index < -0.39 is 0 Å². The van der Waals surface area contributed by atoms with Crippen molar-refractivity contribution in [1.82, 2.24) is 14.8 Å². The Kier molecular flexibility index (Phi) is 6.98. The van der Waals surface area contributed by atoms with Gasteiger partial charge in [0.15, 0.2) is 0 Å². The quantitative estimate of drug-likeness (QED) is 0.535. The molecule has 2 aromatic carbocycles. The largest absolute Gasteiger partial charge is 0.465 e. The average molecular weight is 430 g/mol. The summed E-state index contributed by atoms with van der Waals surface area (Å²) in [4.78, 5) is 21.0. The molecule has 0 aliphatic carbocycles. The molecule has 4 rings (SSSR count). The molecule has 0 saturated carbocycles. The molecule has 0 bridgehead atoms.